The van der Waals surface area contributed by atoms with E-state index in [1.54, 1.807) is 12.1 Å². The molecule has 1 heterocycles. The Hall–Kier alpha value is -1.55. The molecule has 26 heavy (non-hydrogen) atoms. The van der Waals surface area contributed by atoms with Gasteiger partial charge in [0.15, 0.2) is 0 Å². The topological polar surface area (TPSA) is 41.1 Å². The number of hydrogen-bond donors (Lipinski definition) is 2. The van der Waals surface area contributed by atoms with E-state index in [0.29, 0.717) is 10.0 Å². The fourth-order valence-electron chi connectivity index (χ4n) is 3.19. The Kier molecular flexibility index (Phi) is 7.95. The van der Waals surface area contributed by atoms with E-state index in [2.05, 4.69) is 24.5 Å². The third-order valence-electron chi connectivity index (χ3n) is 4.47. The van der Waals surface area contributed by atoms with Gasteiger partial charge in [-0.2, -0.15) is 0 Å². The van der Waals surface area contributed by atoms with Crippen LogP contribution in [0.25, 0.3) is 0 Å². The molecule has 0 fully saturated rings. The lowest BCUT2D eigenvalue weighted by molar-refractivity contribution is -0.123. The highest BCUT2D eigenvalue weighted by Gasteiger charge is 2.33. The van der Waals surface area contributed by atoms with Crippen molar-refractivity contribution in [3.8, 4) is 0 Å². The van der Waals surface area contributed by atoms with E-state index in [-0.39, 0.29) is 17.9 Å². The zero-order valence-electron chi connectivity index (χ0n) is 15.5. The standard InChI is InChI=1S/C17H15Cl2NO.C4H11N/c1-2-11-12-5-3-4-6-13(12)16(20-17(11)21)14-8-7-10(18)9-15(14)19;1-3-5-4-2/h3-9,11,16H,2H2,1H3,(H,20,21);5H,3-4H2,1-2H3. The first-order valence-electron chi connectivity index (χ1n) is 9.08. The Morgan fingerprint density at radius 2 is 1.62 bits per heavy atom. The molecule has 2 unspecified atom stereocenters. The summed E-state index contributed by atoms with van der Waals surface area (Å²) in [6.07, 6.45) is 0.782. The molecule has 140 valence electrons. The lowest BCUT2D eigenvalue weighted by atomic mass is 9.82. The Morgan fingerprint density at radius 3 is 2.15 bits per heavy atom. The van der Waals surface area contributed by atoms with Crippen molar-refractivity contribution in [2.45, 2.75) is 39.2 Å². The zero-order valence-corrected chi connectivity index (χ0v) is 17.0. The van der Waals surface area contributed by atoms with Crippen LogP contribution in [-0.2, 0) is 4.79 Å². The quantitative estimate of drug-likeness (QED) is 0.738. The number of amides is 1. The monoisotopic (exact) mass is 392 g/mol. The normalized spacial score (nSPS) is 18.4. The molecule has 1 aliphatic rings. The summed E-state index contributed by atoms with van der Waals surface area (Å²) < 4.78 is 0. The van der Waals surface area contributed by atoms with Gasteiger partial charge in [-0.05, 0) is 48.3 Å². The summed E-state index contributed by atoms with van der Waals surface area (Å²) in [6.45, 7) is 8.41. The van der Waals surface area contributed by atoms with E-state index in [1.807, 2.05) is 37.3 Å². The van der Waals surface area contributed by atoms with Gasteiger partial charge < -0.3 is 10.6 Å². The Morgan fingerprint density at radius 1 is 0.962 bits per heavy atom. The molecular formula is C21H26Cl2N2O. The second kappa shape index (κ2) is 9.96. The van der Waals surface area contributed by atoms with Gasteiger partial charge >= 0.3 is 0 Å². The summed E-state index contributed by atoms with van der Waals surface area (Å²) in [4.78, 5) is 12.4. The average molecular weight is 393 g/mol. The van der Waals surface area contributed by atoms with E-state index in [0.717, 1.165) is 36.2 Å². The Balaban J connectivity index is 0.000000431. The maximum Gasteiger partial charge on any atom is 0.228 e. The van der Waals surface area contributed by atoms with Crippen LogP contribution in [0.4, 0.5) is 0 Å². The van der Waals surface area contributed by atoms with Gasteiger partial charge in [0.05, 0.1) is 12.0 Å². The van der Waals surface area contributed by atoms with Crippen LogP contribution in [0.15, 0.2) is 42.5 Å². The summed E-state index contributed by atoms with van der Waals surface area (Å²) in [6, 6.07) is 13.2. The van der Waals surface area contributed by atoms with Crippen LogP contribution >= 0.6 is 23.2 Å². The summed E-state index contributed by atoms with van der Waals surface area (Å²) >= 11 is 12.3. The highest BCUT2D eigenvalue weighted by atomic mass is 35.5. The van der Waals surface area contributed by atoms with Gasteiger partial charge in [0.25, 0.3) is 0 Å². The van der Waals surface area contributed by atoms with Gasteiger partial charge in [0.1, 0.15) is 0 Å². The Labute approximate surface area is 166 Å². The third kappa shape index (κ3) is 4.79. The first-order chi connectivity index (χ1) is 12.5. The summed E-state index contributed by atoms with van der Waals surface area (Å²) in [5, 5.41) is 7.35. The molecule has 2 atom stereocenters. The van der Waals surface area contributed by atoms with Gasteiger partial charge in [-0.25, -0.2) is 0 Å². The lowest BCUT2D eigenvalue weighted by Crippen LogP contribution is -2.39. The summed E-state index contributed by atoms with van der Waals surface area (Å²) in [7, 11) is 0. The molecule has 0 saturated heterocycles. The fraction of sp³-hybridized carbons (Fsp3) is 0.381. The predicted molar refractivity (Wildman–Crippen MR) is 110 cm³/mol. The van der Waals surface area contributed by atoms with Gasteiger partial charge in [-0.15, -0.1) is 0 Å². The smallest absolute Gasteiger partial charge is 0.228 e. The van der Waals surface area contributed by atoms with Crippen molar-refractivity contribution in [1.82, 2.24) is 10.6 Å². The van der Waals surface area contributed by atoms with E-state index in [4.69, 9.17) is 23.2 Å². The van der Waals surface area contributed by atoms with Crippen LogP contribution in [0.2, 0.25) is 10.0 Å². The Bertz CT molecular complexity index is 747. The van der Waals surface area contributed by atoms with Crippen molar-refractivity contribution in [2.75, 3.05) is 13.1 Å². The van der Waals surface area contributed by atoms with Crippen molar-refractivity contribution in [2.24, 2.45) is 0 Å². The molecule has 1 aliphatic heterocycles. The molecule has 2 N–H and O–H groups in total. The largest absolute Gasteiger partial charge is 0.345 e. The molecule has 0 spiro atoms. The van der Waals surface area contributed by atoms with Crippen LogP contribution in [-0.4, -0.2) is 19.0 Å². The maximum absolute atomic E-state index is 12.4. The second-order valence-corrected chi connectivity index (χ2v) is 7.00. The van der Waals surface area contributed by atoms with Crippen LogP contribution in [0.1, 0.15) is 55.8 Å². The number of hydrogen-bond acceptors (Lipinski definition) is 2. The average Bonchev–Trinajstić information content (AvgIpc) is 2.63. The van der Waals surface area contributed by atoms with Crippen LogP contribution in [0.3, 0.4) is 0 Å². The summed E-state index contributed by atoms with van der Waals surface area (Å²) in [5.41, 5.74) is 3.06. The first kappa shape index (κ1) is 20.8. The number of fused-ring (bicyclic) bond motifs is 1. The first-order valence-corrected chi connectivity index (χ1v) is 9.83. The predicted octanol–water partition coefficient (Wildman–Crippen LogP) is 5.32. The molecule has 2 aromatic carbocycles. The number of nitrogens with one attached hydrogen (secondary N) is 2. The second-order valence-electron chi connectivity index (χ2n) is 6.15. The fourth-order valence-corrected chi connectivity index (χ4v) is 3.71. The number of halogens is 2. The van der Waals surface area contributed by atoms with Crippen molar-refractivity contribution >= 4 is 29.1 Å². The van der Waals surface area contributed by atoms with Crippen molar-refractivity contribution in [3.05, 3.63) is 69.2 Å². The van der Waals surface area contributed by atoms with E-state index in [1.165, 1.54) is 0 Å². The van der Waals surface area contributed by atoms with E-state index in [9.17, 15) is 4.79 Å². The molecule has 0 saturated carbocycles. The third-order valence-corrected chi connectivity index (χ3v) is 5.03. The molecule has 0 bridgehead atoms. The highest BCUT2D eigenvalue weighted by Crippen LogP contribution is 2.38. The zero-order chi connectivity index (χ0) is 19.1. The minimum Gasteiger partial charge on any atom is -0.345 e. The van der Waals surface area contributed by atoms with Gasteiger partial charge in [0.2, 0.25) is 5.91 Å². The van der Waals surface area contributed by atoms with Gasteiger partial charge in [-0.3, -0.25) is 4.79 Å². The van der Waals surface area contributed by atoms with Crippen molar-refractivity contribution < 1.29 is 4.79 Å². The van der Waals surface area contributed by atoms with Gasteiger partial charge in [-0.1, -0.05) is 74.3 Å². The van der Waals surface area contributed by atoms with Crippen molar-refractivity contribution in [1.29, 1.82) is 0 Å². The van der Waals surface area contributed by atoms with Gasteiger partial charge in [0, 0.05) is 10.0 Å². The number of carbonyl (C=O) groups excluding carboxylic acids is 1. The molecule has 0 aliphatic carbocycles. The highest BCUT2D eigenvalue weighted by molar-refractivity contribution is 6.35. The van der Waals surface area contributed by atoms with E-state index < -0.39 is 0 Å². The molecule has 5 heteroatoms. The van der Waals surface area contributed by atoms with Crippen LogP contribution < -0.4 is 10.6 Å². The van der Waals surface area contributed by atoms with E-state index >= 15 is 0 Å². The SMILES string of the molecule is CCC1C(=O)NC(c2ccc(Cl)cc2Cl)c2ccccc21.CCNCC. The number of benzene rings is 2. The van der Waals surface area contributed by atoms with Crippen LogP contribution in [0.5, 0.6) is 0 Å². The minimum atomic E-state index is -0.221. The summed E-state index contributed by atoms with van der Waals surface area (Å²) in [5.74, 6) is -0.0456. The van der Waals surface area contributed by atoms with Crippen LogP contribution in [0, 0.1) is 0 Å². The molecular weight excluding hydrogens is 367 g/mol. The molecule has 2 aromatic rings. The maximum atomic E-state index is 12.4. The molecule has 1 amide bonds. The van der Waals surface area contributed by atoms with Crippen molar-refractivity contribution in [3.63, 3.8) is 0 Å². The lowest BCUT2D eigenvalue weighted by Gasteiger charge is -2.32. The number of rotatable bonds is 4. The molecule has 3 nitrogen and oxygen atoms in total. The minimum absolute atomic E-state index is 0.0483. The molecule has 3 rings (SSSR count). The molecule has 0 radical (unpaired) electrons. The molecule has 0 aromatic heterocycles. The number of carbonyl (C=O) groups is 1.